The van der Waals surface area contributed by atoms with Gasteiger partial charge in [0.2, 0.25) is 0 Å². The van der Waals surface area contributed by atoms with Crippen LogP contribution in [0.2, 0.25) is 17.7 Å². The molecule has 0 amide bonds. The minimum atomic E-state index is -0.568. The van der Waals surface area contributed by atoms with Crippen molar-refractivity contribution >= 4 is 29.7 Å². The number of nitro groups is 1. The van der Waals surface area contributed by atoms with Crippen molar-refractivity contribution in [3.8, 4) is 11.7 Å². The molecular weight excluding hydrogens is 366 g/mol. The van der Waals surface area contributed by atoms with Crippen molar-refractivity contribution in [1.29, 1.82) is 5.26 Å². The average Bonchev–Trinajstić information content (AvgIpc) is 2.68. The molecule has 2 rings (SSSR count). The fourth-order valence-electron chi connectivity index (χ4n) is 2.76. The Labute approximate surface area is 166 Å². The van der Waals surface area contributed by atoms with Gasteiger partial charge >= 0.3 is 0 Å². The standard InChI is InChI=1S/C16H20BClN4O3.C2H6/c1-12(20)13-9-14(22(23)24)16(18)15(10-13)25-8-2-5-21-6-3-17(11-19)4-7-21;1-2/h9-10H,1-8,20H2;1-2H3. The summed E-state index contributed by atoms with van der Waals surface area (Å²) in [7, 11) is 0. The Balaban J connectivity index is 0.00000176. The fourth-order valence-corrected chi connectivity index (χ4v) is 3.00. The number of hydrogen-bond acceptors (Lipinski definition) is 6. The van der Waals surface area contributed by atoms with E-state index in [1.807, 2.05) is 13.8 Å². The molecule has 1 saturated heterocycles. The average molecular weight is 393 g/mol. The molecule has 2 N–H and O–H groups in total. The maximum atomic E-state index is 11.1. The summed E-state index contributed by atoms with van der Waals surface area (Å²) in [5.41, 5.74) is 6.01. The largest absolute Gasteiger partial charge is 0.492 e. The zero-order valence-corrected chi connectivity index (χ0v) is 16.7. The molecule has 1 aliphatic heterocycles. The summed E-state index contributed by atoms with van der Waals surface area (Å²) < 4.78 is 5.64. The van der Waals surface area contributed by atoms with E-state index in [0.29, 0.717) is 12.2 Å². The fraction of sp³-hybridized carbons (Fsp3) is 0.500. The third-order valence-electron chi connectivity index (χ3n) is 4.23. The highest BCUT2D eigenvalue weighted by atomic mass is 35.5. The topological polar surface area (TPSA) is 105 Å². The van der Waals surface area contributed by atoms with Gasteiger partial charge in [0.15, 0.2) is 5.02 Å². The number of hydrogen-bond donors (Lipinski definition) is 1. The number of nitrogens with two attached hydrogens (primary N) is 1. The van der Waals surface area contributed by atoms with Crippen molar-refractivity contribution in [2.24, 2.45) is 5.73 Å². The van der Waals surface area contributed by atoms with Crippen LogP contribution in [-0.4, -0.2) is 42.8 Å². The molecule has 0 aliphatic carbocycles. The number of rotatable bonds is 7. The summed E-state index contributed by atoms with van der Waals surface area (Å²) in [6.07, 6.45) is 2.56. The molecule has 7 nitrogen and oxygen atoms in total. The molecule has 0 aromatic heterocycles. The van der Waals surface area contributed by atoms with Crippen LogP contribution in [0.5, 0.6) is 5.75 Å². The van der Waals surface area contributed by atoms with Crippen LogP contribution < -0.4 is 10.5 Å². The minimum Gasteiger partial charge on any atom is -0.492 e. The first-order valence-corrected chi connectivity index (χ1v) is 9.47. The molecular formula is C18H26BClN4O3. The van der Waals surface area contributed by atoms with Gasteiger partial charge in [-0.25, -0.2) is 5.26 Å². The van der Waals surface area contributed by atoms with Crippen LogP contribution >= 0.6 is 11.6 Å². The van der Waals surface area contributed by atoms with E-state index in [1.54, 1.807) is 6.07 Å². The van der Waals surface area contributed by atoms with Crippen LogP contribution in [0.4, 0.5) is 5.69 Å². The van der Waals surface area contributed by atoms with E-state index in [1.165, 1.54) is 6.07 Å². The van der Waals surface area contributed by atoms with Crippen LogP contribution in [0.15, 0.2) is 18.7 Å². The Morgan fingerprint density at radius 3 is 2.63 bits per heavy atom. The SMILES string of the molecule is C=C(N)c1cc(OCCCN2CCB(C#N)CC2)c(Cl)c([N+](=O)[O-])c1.CC. The third kappa shape index (κ3) is 6.77. The van der Waals surface area contributed by atoms with Crippen LogP contribution in [0.1, 0.15) is 25.8 Å². The highest BCUT2D eigenvalue weighted by molar-refractivity contribution is 6.67. The number of benzene rings is 1. The first-order chi connectivity index (χ1) is 12.9. The molecule has 0 saturated carbocycles. The molecule has 1 aromatic carbocycles. The zero-order chi connectivity index (χ0) is 20.4. The van der Waals surface area contributed by atoms with Crippen molar-refractivity contribution in [3.05, 3.63) is 39.4 Å². The van der Waals surface area contributed by atoms with Gasteiger partial charge in [0.25, 0.3) is 12.4 Å². The lowest BCUT2D eigenvalue weighted by molar-refractivity contribution is -0.384. The normalized spacial score (nSPS) is 13.9. The van der Waals surface area contributed by atoms with E-state index in [0.717, 1.165) is 38.7 Å². The lowest BCUT2D eigenvalue weighted by Gasteiger charge is -2.27. The predicted octanol–water partition coefficient (Wildman–Crippen LogP) is 3.85. The summed E-state index contributed by atoms with van der Waals surface area (Å²) in [5.74, 6) is 2.55. The van der Waals surface area contributed by atoms with E-state index in [4.69, 9.17) is 27.3 Å². The number of ether oxygens (including phenoxy) is 1. The molecule has 1 fully saturated rings. The summed E-state index contributed by atoms with van der Waals surface area (Å²) in [4.78, 5) is 12.8. The molecule has 0 radical (unpaired) electrons. The Morgan fingerprint density at radius 2 is 2.11 bits per heavy atom. The van der Waals surface area contributed by atoms with Gasteiger partial charge < -0.3 is 15.4 Å². The highest BCUT2D eigenvalue weighted by Gasteiger charge is 2.22. The van der Waals surface area contributed by atoms with E-state index in [2.05, 4.69) is 17.4 Å². The van der Waals surface area contributed by atoms with Crippen molar-refractivity contribution in [2.45, 2.75) is 32.9 Å². The second-order valence-corrected chi connectivity index (χ2v) is 6.41. The van der Waals surface area contributed by atoms with Crippen LogP contribution in [-0.2, 0) is 0 Å². The predicted molar refractivity (Wildman–Crippen MR) is 110 cm³/mol. The van der Waals surface area contributed by atoms with Crippen LogP contribution in [0.25, 0.3) is 5.70 Å². The molecule has 0 atom stereocenters. The zero-order valence-electron chi connectivity index (χ0n) is 15.9. The molecule has 1 aliphatic rings. The second kappa shape index (κ2) is 11.5. The summed E-state index contributed by atoms with van der Waals surface area (Å²) in [6, 6.07) is 2.85. The molecule has 1 aromatic rings. The Kier molecular flexibility index (Phi) is 9.69. The molecule has 9 heteroatoms. The lowest BCUT2D eigenvalue weighted by Crippen LogP contribution is -2.37. The Hall–Kier alpha value is -2.24. The second-order valence-electron chi connectivity index (χ2n) is 6.04. The number of nitriles is 1. The van der Waals surface area contributed by atoms with Crippen LogP contribution in [0.3, 0.4) is 0 Å². The molecule has 0 bridgehead atoms. The molecule has 0 unspecified atom stereocenters. The third-order valence-corrected chi connectivity index (χ3v) is 4.61. The lowest BCUT2D eigenvalue weighted by atomic mass is 9.45. The van der Waals surface area contributed by atoms with E-state index in [9.17, 15) is 10.1 Å². The van der Waals surface area contributed by atoms with Gasteiger partial charge in [-0.3, -0.25) is 10.1 Å². The van der Waals surface area contributed by atoms with Gasteiger partial charge in [-0.1, -0.05) is 32.0 Å². The number of nitrogens with zero attached hydrogens (tertiary/aromatic N) is 3. The molecule has 0 spiro atoms. The van der Waals surface area contributed by atoms with Gasteiger partial charge in [-0.05, 0) is 38.2 Å². The molecule has 27 heavy (non-hydrogen) atoms. The van der Waals surface area contributed by atoms with E-state index in [-0.39, 0.29) is 28.9 Å². The van der Waals surface area contributed by atoms with Gasteiger partial charge in [-0.2, -0.15) is 0 Å². The summed E-state index contributed by atoms with van der Waals surface area (Å²) in [6.45, 7) is 10.8. The van der Waals surface area contributed by atoms with Gasteiger partial charge in [-0.15, -0.1) is 0 Å². The maximum absolute atomic E-state index is 11.1. The highest BCUT2D eigenvalue weighted by Crippen LogP contribution is 2.36. The number of nitro benzene ring substituents is 1. The number of halogens is 1. The summed E-state index contributed by atoms with van der Waals surface area (Å²) in [5, 5.41) is 20.0. The monoisotopic (exact) mass is 392 g/mol. The van der Waals surface area contributed by atoms with Gasteiger partial charge in [0.05, 0.1) is 11.5 Å². The van der Waals surface area contributed by atoms with Crippen LogP contribution in [0, 0.1) is 21.3 Å². The smallest absolute Gasteiger partial charge is 0.292 e. The minimum absolute atomic E-state index is 0.0372. The first-order valence-electron chi connectivity index (χ1n) is 9.09. The van der Waals surface area contributed by atoms with Crippen molar-refractivity contribution in [3.63, 3.8) is 0 Å². The molecule has 146 valence electrons. The first kappa shape index (κ1) is 22.8. The van der Waals surface area contributed by atoms with E-state index >= 15 is 0 Å². The Morgan fingerprint density at radius 1 is 1.48 bits per heavy atom. The quantitative estimate of drug-likeness (QED) is 0.327. The van der Waals surface area contributed by atoms with Gasteiger partial charge in [0.1, 0.15) is 5.75 Å². The Bertz CT molecular complexity index is 701. The van der Waals surface area contributed by atoms with E-state index < -0.39 is 4.92 Å². The maximum Gasteiger partial charge on any atom is 0.292 e. The van der Waals surface area contributed by atoms with Crippen molar-refractivity contribution in [2.75, 3.05) is 26.2 Å². The van der Waals surface area contributed by atoms with Crippen molar-refractivity contribution < 1.29 is 9.66 Å². The summed E-state index contributed by atoms with van der Waals surface area (Å²) >= 11 is 6.06. The van der Waals surface area contributed by atoms with Crippen molar-refractivity contribution in [1.82, 2.24) is 4.90 Å². The molecule has 1 heterocycles. The van der Waals surface area contributed by atoms with Gasteiger partial charge in [0, 0.05) is 29.8 Å².